The first-order chi connectivity index (χ1) is 37.7. The molecule has 21 nitrogen and oxygen atoms in total. The molecule has 2 aliphatic rings. The van der Waals surface area contributed by atoms with Crippen LogP contribution in [0.1, 0.15) is 124 Å². The van der Waals surface area contributed by atoms with Crippen LogP contribution >= 0.6 is 0 Å². The first kappa shape index (κ1) is 63.7. The molecule has 0 radical (unpaired) electrons. The lowest BCUT2D eigenvalue weighted by Crippen LogP contribution is -2.61. The van der Waals surface area contributed by atoms with E-state index in [1.54, 1.807) is 90.1 Å². The number of fused-ring (bicyclic) bond motifs is 2. The predicted octanol–water partition coefficient (Wildman–Crippen LogP) is 4.36. The summed E-state index contributed by atoms with van der Waals surface area (Å²) in [7, 11) is 4.21. The third-order valence-electron chi connectivity index (χ3n) is 15.1. The highest BCUT2D eigenvalue weighted by Crippen LogP contribution is 2.27. The summed E-state index contributed by atoms with van der Waals surface area (Å²) >= 11 is 0. The first-order valence-electron chi connectivity index (χ1n) is 27.7. The van der Waals surface area contributed by atoms with Crippen molar-refractivity contribution in [2.75, 3.05) is 27.7 Å². The Kier molecular flexibility index (Phi) is 22.5. The van der Waals surface area contributed by atoms with E-state index in [9.17, 15) is 48.3 Å². The largest absolute Gasteiger partial charge is 0.497 e. The van der Waals surface area contributed by atoms with Gasteiger partial charge in [-0.3, -0.25) is 38.4 Å². The van der Waals surface area contributed by atoms with Crippen LogP contribution in [-0.4, -0.2) is 155 Å². The van der Waals surface area contributed by atoms with Crippen molar-refractivity contribution in [1.82, 2.24) is 30.7 Å². The second-order valence-electron chi connectivity index (χ2n) is 22.5. The standard InChI is InChI=1S/C59H82N6O15/c1-14-34(8)48-45(66)30-47(67)80-51(33(6)7)50(68)35(9)52(69)60-41(26-31(2)3)56(73)65-25-17-19-42(65)57(74)64(12)44(28-37-21-23-39(77-13)24-22-37)59(76)78-36(10)49(54(71)61-48)62-53(70)43(27-32(4)5)63(11)55(72)40-29-38-18-15-16-20-46(38)79-58(40)75/h15-16,18,20-24,29,31-36,41-45,48-49,51,66H,14,17,19,25-28,30H2,1-13H3,(H,60,69)(H,61,71)(H,62,70)/t34-,35-,36+,41-,42-,43+,44-,45-,48+,49-,51-/m0/s1. The maximum Gasteiger partial charge on any atom is 0.349 e. The fraction of sp³-hybridized carbons (Fsp3) is 0.593. The van der Waals surface area contributed by atoms with Crippen molar-refractivity contribution in [2.24, 2.45) is 29.6 Å². The average molecular weight is 1120 g/mol. The molecule has 80 heavy (non-hydrogen) atoms. The molecule has 0 saturated carbocycles. The van der Waals surface area contributed by atoms with Gasteiger partial charge in [0, 0.05) is 32.4 Å². The number of methoxy groups -OCH3 is 1. The van der Waals surface area contributed by atoms with Crippen LogP contribution in [0.2, 0.25) is 0 Å². The molecule has 0 unspecified atom stereocenters. The van der Waals surface area contributed by atoms with Crippen molar-refractivity contribution < 1.29 is 66.9 Å². The molecule has 6 amide bonds. The van der Waals surface area contributed by atoms with E-state index in [4.69, 9.17) is 18.6 Å². The zero-order chi connectivity index (χ0) is 59.4. The number of aliphatic hydroxyl groups excluding tert-OH is 1. The number of hydrogen-bond donors (Lipinski definition) is 4. The SMILES string of the molecule is CC[C@H](C)[C@H]1NC(=O)[C@@H](NC(=O)[C@@H](CC(C)C)N(C)C(=O)c2cc3ccccc3oc2=O)[C@@H](C)OC(=O)[C@H](Cc2ccc(OC)cc2)N(C)C(=O)[C@@H]2CCCN2C(=O)[C@H](CC(C)C)NC(=O)[C@@H](C)C(=O)[C@H](C(C)C)OC(=O)C[C@@H]1O. The number of rotatable bonds is 14. The van der Waals surface area contributed by atoms with Crippen LogP contribution in [0.15, 0.2) is 63.8 Å². The average Bonchev–Trinajstić information content (AvgIpc) is 3.91. The molecular weight excluding hydrogens is 1030 g/mol. The Labute approximate surface area is 468 Å². The van der Waals surface area contributed by atoms with Gasteiger partial charge in [-0.15, -0.1) is 0 Å². The number of nitrogens with zero attached hydrogens (tertiary/aromatic N) is 3. The molecule has 3 aromatic rings. The van der Waals surface area contributed by atoms with E-state index in [-0.39, 0.29) is 55.2 Å². The van der Waals surface area contributed by atoms with E-state index >= 15 is 4.79 Å². The van der Waals surface area contributed by atoms with Crippen LogP contribution in [0.25, 0.3) is 11.0 Å². The fourth-order valence-electron chi connectivity index (χ4n) is 10.1. The Bertz CT molecular complexity index is 2780. The van der Waals surface area contributed by atoms with Crippen LogP contribution in [0, 0.1) is 29.6 Å². The van der Waals surface area contributed by atoms with E-state index in [1.807, 2.05) is 13.8 Å². The molecule has 2 aliphatic heterocycles. The number of amides is 6. The molecule has 1 aromatic heterocycles. The highest BCUT2D eigenvalue weighted by Gasteiger charge is 2.45. The van der Waals surface area contributed by atoms with E-state index in [0.717, 1.165) is 4.90 Å². The van der Waals surface area contributed by atoms with Gasteiger partial charge in [0.1, 0.15) is 53.2 Å². The van der Waals surface area contributed by atoms with Crippen LogP contribution < -0.4 is 26.3 Å². The van der Waals surface area contributed by atoms with Crippen LogP contribution in [0.5, 0.6) is 5.75 Å². The highest BCUT2D eigenvalue weighted by molar-refractivity contribution is 6.05. The molecular formula is C59H82N6O15. The summed E-state index contributed by atoms with van der Waals surface area (Å²) in [4.78, 5) is 147. The van der Waals surface area contributed by atoms with Gasteiger partial charge in [0.25, 0.3) is 5.91 Å². The third kappa shape index (κ3) is 15.8. The lowest BCUT2D eigenvalue weighted by Gasteiger charge is -2.36. The number of para-hydroxylation sites is 1. The zero-order valence-electron chi connectivity index (χ0n) is 48.4. The van der Waals surface area contributed by atoms with Gasteiger partial charge in [0.05, 0.1) is 31.6 Å². The molecule has 4 N–H and O–H groups in total. The quantitative estimate of drug-likeness (QED) is 0.0992. The monoisotopic (exact) mass is 1110 g/mol. The van der Waals surface area contributed by atoms with Crippen molar-refractivity contribution in [3.8, 4) is 5.75 Å². The third-order valence-corrected chi connectivity index (χ3v) is 15.1. The second-order valence-corrected chi connectivity index (χ2v) is 22.5. The number of aliphatic hydroxyl groups is 1. The molecule has 438 valence electrons. The molecule has 2 aromatic carbocycles. The van der Waals surface area contributed by atoms with E-state index in [1.165, 1.54) is 50.9 Å². The van der Waals surface area contributed by atoms with Gasteiger partial charge in [0.2, 0.25) is 29.5 Å². The summed E-state index contributed by atoms with van der Waals surface area (Å²) in [5.41, 5.74) is -0.489. The summed E-state index contributed by atoms with van der Waals surface area (Å²) in [6, 6.07) is 6.60. The molecule has 11 atom stereocenters. The molecule has 2 saturated heterocycles. The van der Waals surface area contributed by atoms with Crippen LogP contribution in [-0.2, 0) is 54.3 Å². The summed E-state index contributed by atoms with van der Waals surface area (Å²) in [5.74, 6) is -10.1. The number of benzene rings is 2. The number of ketones is 1. The number of carbonyl (C=O) groups is 9. The summed E-state index contributed by atoms with van der Waals surface area (Å²) in [6.07, 6.45) is -4.48. The molecule has 0 aliphatic carbocycles. The van der Waals surface area contributed by atoms with Crippen molar-refractivity contribution in [2.45, 2.75) is 169 Å². The number of nitrogens with one attached hydrogen (secondary N) is 3. The maximum atomic E-state index is 15.0. The second kappa shape index (κ2) is 28.3. The van der Waals surface area contributed by atoms with Crippen molar-refractivity contribution in [3.05, 3.63) is 76.1 Å². The lowest BCUT2D eigenvalue weighted by atomic mass is 9.91. The number of cyclic esters (lactones) is 2. The minimum Gasteiger partial charge on any atom is -0.497 e. The molecule has 5 rings (SSSR count). The van der Waals surface area contributed by atoms with Crippen molar-refractivity contribution in [1.29, 1.82) is 0 Å². The normalized spacial score (nSPS) is 25.2. The van der Waals surface area contributed by atoms with E-state index in [0.29, 0.717) is 29.5 Å². The molecule has 3 heterocycles. The Morgan fingerprint density at radius 1 is 0.875 bits per heavy atom. The zero-order valence-corrected chi connectivity index (χ0v) is 48.4. The van der Waals surface area contributed by atoms with Crippen LogP contribution in [0.4, 0.5) is 0 Å². The molecule has 0 spiro atoms. The Hall–Kier alpha value is -7.16. The van der Waals surface area contributed by atoms with Crippen molar-refractivity contribution >= 4 is 64.1 Å². The summed E-state index contributed by atoms with van der Waals surface area (Å²) in [6.45, 7) is 16.8. The highest BCUT2D eigenvalue weighted by atomic mass is 16.6. The summed E-state index contributed by atoms with van der Waals surface area (Å²) in [5, 5.41) is 20.5. The van der Waals surface area contributed by atoms with Gasteiger partial charge in [-0.25, -0.2) is 9.59 Å². The molecule has 0 bridgehead atoms. The van der Waals surface area contributed by atoms with Gasteiger partial charge in [-0.1, -0.05) is 92.1 Å². The minimum atomic E-state index is -1.79. The molecule has 2 fully saturated rings. The van der Waals surface area contributed by atoms with Gasteiger partial charge in [0.15, 0.2) is 11.9 Å². The Morgan fingerprint density at radius 2 is 1.54 bits per heavy atom. The minimum absolute atomic E-state index is 0.0183. The fourth-order valence-corrected chi connectivity index (χ4v) is 10.1. The van der Waals surface area contributed by atoms with E-state index in [2.05, 4.69) is 16.0 Å². The van der Waals surface area contributed by atoms with Gasteiger partial charge >= 0.3 is 17.6 Å². The van der Waals surface area contributed by atoms with E-state index < -0.39 is 138 Å². The van der Waals surface area contributed by atoms with Crippen molar-refractivity contribution in [3.63, 3.8) is 0 Å². The smallest absolute Gasteiger partial charge is 0.349 e. The topological polar surface area (TPSA) is 278 Å². The summed E-state index contributed by atoms with van der Waals surface area (Å²) < 4.78 is 22.7. The van der Waals surface area contributed by atoms with Gasteiger partial charge in [-0.05, 0) is 93.0 Å². The number of carbonyl (C=O) groups excluding carboxylic acids is 9. The number of Topliss-reactive ketones (excluding diaryl/α,β-unsaturated/α-hetero) is 1. The Balaban J connectivity index is 1.63. The number of likely N-dealkylation sites (N-methyl/N-ethyl adjacent to an activating group) is 2. The lowest BCUT2D eigenvalue weighted by molar-refractivity contribution is -0.163. The molecule has 21 heteroatoms. The van der Waals surface area contributed by atoms with Gasteiger partial charge in [-0.2, -0.15) is 0 Å². The first-order valence-corrected chi connectivity index (χ1v) is 27.7. The van der Waals surface area contributed by atoms with Gasteiger partial charge < -0.3 is 54.4 Å². The number of ether oxygens (including phenoxy) is 3. The maximum absolute atomic E-state index is 15.0. The predicted molar refractivity (Wildman–Crippen MR) is 296 cm³/mol. The van der Waals surface area contributed by atoms with Crippen LogP contribution in [0.3, 0.4) is 0 Å². The number of hydrogen-bond acceptors (Lipinski definition) is 15. The Morgan fingerprint density at radius 3 is 2.15 bits per heavy atom. The number of esters is 2.